The van der Waals surface area contributed by atoms with Crippen LogP contribution in [-0.4, -0.2) is 91.7 Å². The van der Waals surface area contributed by atoms with Crippen LogP contribution >= 0.6 is 11.3 Å². The van der Waals surface area contributed by atoms with Gasteiger partial charge in [0, 0.05) is 52.4 Å². The van der Waals surface area contributed by atoms with Gasteiger partial charge in [-0.15, -0.1) is 11.3 Å². The zero-order chi connectivity index (χ0) is 20.3. The third kappa shape index (κ3) is 4.04. The van der Waals surface area contributed by atoms with Gasteiger partial charge in [0.1, 0.15) is 9.77 Å². The molecular weight excluding hydrogens is 400 g/mol. The number of sulfonamides is 1. The predicted octanol–water partition coefficient (Wildman–Crippen LogP) is 1.75. The molecule has 2 aliphatic rings. The summed E-state index contributed by atoms with van der Waals surface area (Å²) in [5, 5.41) is 1.66. The molecule has 3 amide bonds. The van der Waals surface area contributed by atoms with Crippen molar-refractivity contribution in [3.8, 4) is 0 Å². The lowest BCUT2D eigenvalue weighted by atomic mass is 10.3. The highest BCUT2D eigenvalue weighted by Gasteiger charge is 2.34. The molecule has 0 radical (unpaired) electrons. The molecule has 2 saturated heterocycles. The second kappa shape index (κ2) is 8.79. The Labute approximate surface area is 170 Å². The second-order valence-electron chi connectivity index (χ2n) is 6.96. The van der Waals surface area contributed by atoms with Crippen LogP contribution in [0, 0.1) is 0 Å². The van der Waals surface area contributed by atoms with E-state index in [1.807, 2.05) is 13.8 Å². The van der Waals surface area contributed by atoms with E-state index >= 15 is 0 Å². The summed E-state index contributed by atoms with van der Waals surface area (Å²) in [5.74, 6) is -0.261. The van der Waals surface area contributed by atoms with E-state index in [1.165, 1.54) is 21.7 Å². The van der Waals surface area contributed by atoms with Gasteiger partial charge in [-0.1, -0.05) is 0 Å². The van der Waals surface area contributed by atoms with Gasteiger partial charge in [0.15, 0.2) is 0 Å². The van der Waals surface area contributed by atoms with E-state index in [2.05, 4.69) is 0 Å². The maximum atomic E-state index is 13.0. The first-order chi connectivity index (χ1) is 13.4. The molecule has 2 fully saturated rings. The first kappa shape index (κ1) is 21.1. The highest BCUT2D eigenvalue weighted by atomic mass is 32.2. The molecular formula is C18H28N4O4S2. The van der Waals surface area contributed by atoms with Crippen LogP contribution in [0.1, 0.15) is 36.4 Å². The van der Waals surface area contributed by atoms with Gasteiger partial charge in [0.05, 0.1) is 0 Å². The number of urea groups is 1. The Morgan fingerprint density at radius 2 is 1.57 bits per heavy atom. The summed E-state index contributed by atoms with van der Waals surface area (Å²) >= 11 is 1.17. The Bertz CT molecular complexity index is 805. The Hall–Kier alpha value is -1.65. The zero-order valence-corrected chi connectivity index (χ0v) is 18.1. The van der Waals surface area contributed by atoms with Gasteiger partial charge in [-0.05, 0) is 38.1 Å². The van der Waals surface area contributed by atoms with Crippen molar-refractivity contribution in [1.82, 2.24) is 19.0 Å². The van der Waals surface area contributed by atoms with Gasteiger partial charge in [-0.2, -0.15) is 4.31 Å². The number of carbonyl (C=O) groups is 2. The largest absolute Gasteiger partial charge is 0.334 e. The summed E-state index contributed by atoms with van der Waals surface area (Å²) in [7, 11) is -3.63. The molecule has 2 aliphatic heterocycles. The van der Waals surface area contributed by atoms with Crippen molar-refractivity contribution in [2.24, 2.45) is 0 Å². The van der Waals surface area contributed by atoms with Crippen molar-refractivity contribution in [2.45, 2.75) is 31.6 Å². The number of amides is 3. The maximum absolute atomic E-state index is 13.0. The van der Waals surface area contributed by atoms with Crippen molar-refractivity contribution in [1.29, 1.82) is 0 Å². The molecule has 0 atom stereocenters. The molecule has 3 rings (SSSR count). The third-order valence-electron chi connectivity index (χ3n) is 5.38. The number of hydrogen-bond donors (Lipinski definition) is 0. The number of piperazine rings is 1. The molecule has 10 heteroatoms. The third-order valence-corrected chi connectivity index (χ3v) is 8.35. The lowest BCUT2D eigenvalue weighted by Gasteiger charge is -2.37. The molecule has 0 bridgehead atoms. The minimum atomic E-state index is -3.63. The predicted molar refractivity (Wildman–Crippen MR) is 108 cm³/mol. The zero-order valence-electron chi connectivity index (χ0n) is 16.5. The fourth-order valence-electron chi connectivity index (χ4n) is 3.66. The van der Waals surface area contributed by atoms with E-state index in [4.69, 9.17) is 0 Å². The average molecular weight is 429 g/mol. The van der Waals surface area contributed by atoms with Crippen LogP contribution in [-0.2, 0) is 10.0 Å². The molecule has 0 N–H and O–H groups in total. The molecule has 0 aliphatic carbocycles. The van der Waals surface area contributed by atoms with Gasteiger partial charge >= 0.3 is 6.03 Å². The van der Waals surface area contributed by atoms with Crippen molar-refractivity contribution in [3.05, 3.63) is 16.3 Å². The van der Waals surface area contributed by atoms with Crippen LogP contribution in [0.4, 0.5) is 4.79 Å². The summed E-state index contributed by atoms with van der Waals surface area (Å²) < 4.78 is 27.2. The highest BCUT2D eigenvalue weighted by Crippen LogP contribution is 2.29. The monoisotopic (exact) mass is 428 g/mol. The molecule has 1 aromatic heterocycles. The Balaban J connectivity index is 1.68. The quantitative estimate of drug-likeness (QED) is 0.716. The first-order valence-electron chi connectivity index (χ1n) is 9.80. The molecule has 156 valence electrons. The van der Waals surface area contributed by atoms with E-state index in [1.54, 1.807) is 20.1 Å². The van der Waals surface area contributed by atoms with Gasteiger partial charge in [0.2, 0.25) is 10.0 Å². The van der Waals surface area contributed by atoms with Crippen molar-refractivity contribution >= 4 is 33.3 Å². The first-order valence-corrected chi connectivity index (χ1v) is 12.1. The van der Waals surface area contributed by atoms with Gasteiger partial charge < -0.3 is 14.7 Å². The molecule has 8 nitrogen and oxygen atoms in total. The fourth-order valence-corrected chi connectivity index (χ4v) is 6.54. The average Bonchev–Trinajstić information content (AvgIpc) is 3.41. The Morgan fingerprint density at radius 3 is 2.14 bits per heavy atom. The van der Waals surface area contributed by atoms with Crippen molar-refractivity contribution in [3.63, 3.8) is 0 Å². The van der Waals surface area contributed by atoms with Crippen LogP contribution in [0.2, 0.25) is 0 Å². The fraction of sp³-hybridized carbons (Fsp3) is 0.667. The Morgan fingerprint density at radius 1 is 1.00 bits per heavy atom. The molecule has 0 spiro atoms. The number of thiophene rings is 1. The topological polar surface area (TPSA) is 81.2 Å². The standard InChI is InChI=1S/C18H28N4O4S2/c1-3-19(4-2)18(24)21-12-10-20(11-13-21)17(23)16-15(7-14-27-16)28(25,26)22-8-5-6-9-22/h7,14H,3-6,8-13H2,1-2H3. The van der Waals surface area contributed by atoms with Crippen LogP contribution in [0.15, 0.2) is 16.3 Å². The molecule has 0 aromatic carbocycles. The lowest BCUT2D eigenvalue weighted by molar-refractivity contribution is 0.0642. The van der Waals surface area contributed by atoms with E-state index in [9.17, 15) is 18.0 Å². The van der Waals surface area contributed by atoms with Crippen LogP contribution in [0.5, 0.6) is 0 Å². The lowest BCUT2D eigenvalue weighted by Crippen LogP contribution is -2.54. The van der Waals surface area contributed by atoms with Crippen LogP contribution in [0.3, 0.4) is 0 Å². The highest BCUT2D eigenvalue weighted by molar-refractivity contribution is 7.89. The summed E-state index contributed by atoms with van der Waals surface area (Å²) in [6.07, 6.45) is 1.71. The molecule has 0 saturated carbocycles. The van der Waals surface area contributed by atoms with Crippen LogP contribution in [0.25, 0.3) is 0 Å². The Kier molecular flexibility index (Phi) is 6.61. The minimum absolute atomic E-state index is 0.00878. The molecule has 28 heavy (non-hydrogen) atoms. The van der Waals surface area contributed by atoms with Crippen LogP contribution < -0.4 is 0 Å². The van der Waals surface area contributed by atoms with E-state index < -0.39 is 10.0 Å². The van der Waals surface area contributed by atoms with Crippen molar-refractivity contribution in [2.75, 3.05) is 52.4 Å². The van der Waals surface area contributed by atoms with Crippen molar-refractivity contribution < 1.29 is 18.0 Å². The maximum Gasteiger partial charge on any atom is 0.320 e. The van der Waals surface area contributed by atoms with E-state index in [-0.39, 0.29) is 21.7 Å². The number of hydrogen-bond acceptors (Lipinski definition) is 5. The van der Waals surface area contributed by atoms with E-state index in [0.717, 1.165) is 12.8 Å². The summed E-state index contributed by atoms with van der Waals surface area (Å²) in [6, 6.07) is 1.52. The number of carbonyl (C=O) groups excluding carboxylic acids is 2. The molecule has 1 aromatic rings. The summed E-state index contributed by atoms with van der Waals surface area (Å²) in [5.41, 5.74) is 0. The second-order valence-corrected chi connectivity index (χ2v) is 9.78. The van der Waals surface area contributed by atoms with Gasteiger partial charge in [0.25, 0.3) is 5.91 Å². The summed E-state index contributed by atoms with van der Waals surface area (Å²) in [4.78, 5) is 31.0. The van der Waals surface area contributed by atoms with Gasteiger partial charge in [-0.25, -0.2) is 13.2 Å². The number of nitrogens with zero attached hydrogens (tertiary/aromatic N) is 4. The normalized spacial score (nSPS) is 18.5. The molecule has 3 heterocycles. The number of rotatable bonds is 5. The minimum Gasteiger partial charge on any atom is -0.334 e. The molecule has 0 unspecified atom stereocenters. The summed E-state index contributed by atoms with van der Waals surface area (Å²) in [6.45, 7) is 7.96. The smallest absolute Gasteiger partial charge is 0.320 e. The SMILES string of the molecule is CCN(CC)C(=O)N1CCN(C(=O)c2sccc2S(=O)(=O)N2CCCC2)CC1. The van der Waals surface area contributed by atoms with E-state index in [0.29, 0.717) is 52.4 Å². The van der Waals surface area contributed by atoms with Gasteiger partial charge in [-0.3, -0.25) is 4.79 Å².